The van der Waals surface area contributed by atoms with E-state index in [9.17, 15) is 14.7 Å². The number of likely N-dealkylation sites (N-methyl/N-ethyl adjacent to an activating group) is 1. The molecule has 2 aliphatic heterocycles. The molecule has 1 fully saturated rings. The molecule has 1 aliphatic carbocycles. The van der Waals surface area contributed by atoms with Gasteiger partial charge in [-0.3, -0.25) is 9.59 Å². The molecule has 1 saturated carbocycles. The number of aliphatic imine (C=N–C) groups is 2. The molecule has 2 heterocycles. The van der Waals surface area contributed by atoms with Crippen LogP contribution < -0.4 is 10.1 Å². The zero-order chi connectivity index (χ0) is 25.9. The number of methoxy groups -OCH3 is 1. The molecule has 0 radical (unpaired) electrons. The minimum atomic E-state index is -1.32. The van der Waals surface area contributed by atoms with Crippen molar-refractivity contribution in [2.75, 3.05) is 19.5 Å². The van der Waals surface area contributed by atoms with Crippen molar-refractivity contribution in [3.8, 4) is 5.75 Å². The van der Waals surface area contributed by atoms with Gasteiger partial charge in [0.25, 0.3) is 0 Å². The Kier molecular flexibility index (Phi) is 7.05. The number of aliphatic hydroxyl groups excluding tert-OH is 1. The third kappa shape index (κ3) is 4.99. The highest BCUT2D eigenvalue weighted by molar-refractivity contribution is 6.03. The maximum Gasteiger partial charge on any atom is 0.248 e. The van der Waals surface area contributed by atoms with Crippen LogP contribution in [-0.2, 0) is 4.79 Å². The standard InChI is InChI=1S/C28H31N5O4/c1-32-22-17-29-28(31-27(22)33(15-14-24(32)34)20-10-6-7-11-20)30-21-13-12-19(16-23(21)37-2)26(36)25(35)18-8-4-3-5-9-18/h3-5,8-9,12-17,20,22,26-27,36H,6-7,10-11H2,1-2H3,(H,30,31). The molecule has 1 amide bonds. The van der Waals surface area contributed by atoms with Gasteiger partial charge in [-0.1, -0.05) is 49.2 Å². The van der Waals surface area contributed by atoms with E-state index in [0.717, 1.165) is 12.8 Å². The molecule has 5 rings (SSSR count). The molecule has 3 atom stereocenters. The molecule has 2 aromatic rings. The Hall–Kier alpha value is -3.98. The SMILES string of the molecule is COc1cc(C(O)C(=O)c2ccccc2)ccc1NC1=NC2C(C=N1)N(C)C(=O)C=CN2C1CCCC1. The molecule has 2 aromatic carbocycles. The van der Waals surface area contributed by atoms with Crippen LogP contribution in [-0.4, -0.2) is 71.2 Å². The lowest BCUT2D eigenvalue weighted by molar-refractivity contribution is -0.125. The fourth-order valence-corrected chi connectivity index (χ4v) is 5.12. The van der Waals surface area contributed by atoms with Gasteiger partial charge in [0, 0.05) is 37.1 Å². The lowest BCUT2D eigenvalue weighted by Crippen LogP contribution is -2.53. The minimum Gasteiger partial charge on any atom is -0.495 e. The van der Waals surface area contributed by atoms with Crippen molar-refractivity contribution in [1.29, 1.82) is 0 Å². The lowest BCUT2D eigenvalue weighted by atomic mass is 9.99. The maximum absolute atomic E-state index is 12.7. The zero-order valence-electron chi connectivity index (χ0n) is 20.9. The first-order chi connectivity index (χ1) is 18.0. The minimum absolute atomic E-state index is 0.0746. The van der Waals surface area contributed by atoms with Crippen LogP contribution >= 0.6 is 0 Å². The van der Waals surface area contributed by atoms with Crippen LogP contribution in [0.15, 0.2) is 70.8 Å². The van der Waals surface area contributed by atoms with E-state index in [2.05, 4.69) is 15.2 Å². The van der Waals surface area contributed by atoms with Crippen LogP contribution in [0.3, 0.4) is 0 Å². The van der Waals surface area contributed by atoms with Crippen molar-refractivity contribution in [3.05, 3.63) is 71.9 Å². The maximum atomic E-state index is 12.7. The Morgan fingerprint density at radius 1 is 1.16 bits per heavy atom. The fourth-order valence-electron chi connectivity index (χ4n) is 5.12. The van der Waals surface area contributed by atoms with Gasteiger partial charge in [0.2, 0.25) is 11.9 Å². The van der Waals surface area contributed by atoms with E-state index in [1.165, 1.54) is 20.0 Å². The van der Waals surface area contributed by atoms with E-state index in [0.29, 0.717) is 34.6 Å². The van der Waals surface area contributed by atoms with Crippen LogP contribution in [0.1, 0.15) is 47.7 Å². The number of aliphatic hydroxyl groups is 1. The number of carbonyl (C=O) groups is 2. The van der Waals surface area contributed by atoms with Gasteiger partial charge in [0.05, 0.1) is 12.8 Å². The topological polar surface area (TPSA) is 107 Å². The number of guanidine groups is 1. The summed E-state index contributed by atoms with van der Waals surface area (Å²) in [5, 5.41) is 13.9. The van der Waals surface area contributed by atoms with Crippen molar-refractivity contribution in [1.82, 2.24) is 9.80 Å². The van der Waals surface area contributed by atoms with Crippen LogP contribution in [0.25, 0.3) is 0 Å². The van der Waals surface area contributed by atoms with E-state index in [-0.39, 0.29) is 23.9 Å². The summed E-state index contributed by atoms with van der Waals surface area (Å²) in [7, 11) is 3.29. The predicted octanol–water partition coefficient (Wildman–Crippen LogP) is 3.39. The van der Waals surface area contributed by atoms with Crippen LogP contribution in [0.5, 0.6) is 5.75 Å². The summed E-state index contributed by atoms with van der Waals surface area (Å²) in [6.45, 7) is 0. The van der Waals surface area contributed by atoms with E-state index in [4.69, 9.17) is 9.73 Å². The van der Waals surface area contributed by atoms with Gasteiger partial charge < -0.3 is 25.0 Å². The number of nitrogens with one attached hydrogen (secondary N) is 1. The van der Waals surface area contributed by atoms with E-state index < -0.39 is 6.10 Å². The molecule has 37 heavy (non-hydrogen) atoms. The number of anilines is 1. The van der Waals surface area contributed by atoms with Gasteiger partial charge in [0.15, 0.2) is 11.9 Å². The average molecular weight is 502 g/mol. The number of carbonyl (C=O) groups excluding carboxylic acids is 2. The highest BCUT2D eigenvalue weighted by Gasteiger charge is 2.38. The summed E-state index contributed by atoms with van der Waals surface area (Å²) in [6, 6.07) is 13.8. The third-order valence-electron chi connectivity index (χ3n) is 7.24. The van der Waals surface area contributed by atoms with Crippen molar-refractivity contribution >= 4 is 29.6 Å². The molecule has 2 N–H and O–H groups in total. The van der Waals surface area contributed by atoms with Gasteiger partial charge in [0.1, 0.15) is 17.9 Å². The number of amides is 1. The van der Waals surface area contributed by atoms with Gasteiger partial charge in [-0.2, -0.15) is 0 Å². The number of fused-ring (bicyclic) bond motifs is 1. The first-order valence-corrected chi connectivity index (χ1v) is 12.5. The normalized spacial score (nSPS) is 22.4. The molecule has 0 saturated heterocycles. The smallest absolute Gasteiger partial charge is 0.248 e. The number of nitrogens with zero attached hydrogens (tertiary/aromatic N) is 4. The number of Topliss-reactive ketones (excluding diaryl/α,β-unsaturated/α-hetero) is 1. The highest BCUT2D eigenvalue weighted by atomic mass is 16.5. The molecular formula is C28H31N5O4. The summed E-state index contributed by atoms with van der Waals surface area (Å²) >= 11 is 0. The number of ketones is 1. The summed E-state index contributed by atoms with van der Waals surface area (Å²) < 4.78 is 5.56. The molecule has 3 aliphatic rings. The Labute approximate surface area is 216 Å². The van der Waals surface area contributed by atoms with Crippen molar-refractivity contribution in [2.24, 2.45) is 9.98 Å². The third-order valence-corrected chi connectivity index (χ3v) is 7.24. The van der Waals surface area contributed by atoms with E-state index >= 15 is 0 Å². The zero-order valence-corrected chi connectivity index (χ0v) is 20.9. The number of rotatable bonds is 6. The molecule has 9 nitrogen and oxygen atoms in total. The second-order valence-electron chi connectivity index (χ2n) is 9.50. The van der Waals surface area contributed by atoms with Gasteiger partial charge in [-0.15, -0.1) is 0 Å². The highest BCUT2D eigenvalue weighted by Crippen LogP contribution is 2.32. The van der Waals surface area contributed by atoms with Crippen molar-refractivity contribution in [2.45, 2.75) is 50.0 Å². The number of ether oxygens (including phenoxy) is 1. The van der Waals surface area contributed by atoms with E-state index in [1.807, 2.05) is 12.3 Å². The molecular weight excluding hydrogens is 470 g/mol. The largest absolute Gasteiger partial charge is 0.495 e. The lowest BCUT2D eigenvalue weighted by Gasteiger charge is -2.39. The quantitative estimate of drug-likeness (QED) is 0.588. The molecule has 9 heteroatoms. The van der Waals surface area contributed by atoms with Crippen molar-refractivity contribution in [3.63, 3.8) is 0 Å². The summed E-state index contributed by atoms with van der Waals surface area (Å²) in [4.78, 5) is 38.5. The van der Waals surface area contributed by atoms with Gasteiger partial charge >= 0.3 is 0 Å². The number of hydrogen-bond acceptors (Lipinski definition) is 8. The second-order valence-corrected chi connectivity index (χ2v) is 9.50. The van der Waals surface area contributed by atoms with Gasteiger partial charge in [-0.25, -0.2) is 9.98 Å². The molecule has 0 spiro atoms. The first kappa shape index (κ1) is 24.7. The Morgan fingerprint density at radius 3 is 2.65 bits per heavy atom. The Morgan fingerprint density at radius 2 is 1.92 bits per heavy atom. The Bertz CT molecular complexity index is 1250. The summed E-state index contributed by atoms with van der Waals surface area (Å²) in [5.74, 6) is 0.377. The number of benzene rings is 2. The first-order valence-electron chi connectivity index (χ1n) is 12.5. The molecule has 0 bridgehead atoms. The fraction of sp³-hybridized carbons (Fsp3) is 0.357. The van der Waals surface area contributed by atoms with Gasteiger partial charge in [-0.05, 0) is 30.5 Å². The molecule has 0 aromatic heterocycles. The summed E-state index contributed by atoms with van der Waals surface area (Å²) in [5.41, 5.74) is 1.46. The predicted molar refractivity (Wildman–Crippen MR) is 142 cm³/mol. The van der Waals surface area contributed by atoms with E-state index in [1.54, 1.807) is 66.7 Å². The van der Waals surface area contributed by atoms with Crippen LogP contribution in [0.2, 0.25) is 0 Å². The number of hydrogen-bond donors (Lipinski definition) is 2. The molecule has 3 unspecified atom stereocenters. The van der Waals surface area contributed by atoms with Crippen LogP contribution in [0.4, 0.5) is 5.69 Å². The molecule has 192 valence electrons. The Balaban J connectivity index is 1.39. The van der Waals surface area contributed by atoms with Crippen molar-refractivity contribution < 1.29 is 19.4 Å². The monoisotopic (exact) mass is 501 g/mol. The summed E-state index contributed by atoms with van der Waals surface area (Å²) in [6.07, 6.45) is 8.10. The van der Waals surface area contributed by atoms with Crippen LogP contribution in [0, 0.1) is 0 Å². The second kappa shape index (κ2) is 10.6. The average Bonchev–Trinajstić information content (AvgIpc) is 3.43.